The van der Waals surface area contributed by atoms with Gasteiger partial charge in [0.25, 0.3) is 0 Å². The number of hydrogen-bond acceptors (Lipinski definition) is 2. The first-order valence-electron chi connectivity index (χ1n) is 4.96. The highest BCUT2D eigenvalue weighted by atomic mass is 79.9. The summed E-state index contributed by atoms with van der Waals surface area (Å²) in [4.78, 5) is 11.3. The lowest BCUT2D eigenvalue weighted by Crippen LogP contribution is -2.19. The molecule has 1 aromatic carbocycles. The zero-order valence-corrected chi connectivity index (χ0v) is 10.9. The molecule has 1 aromatic rings. The van der Waals surface area contributed by atoms with Gasteiger partial charge in [-0.15, -0.1) is 0 Å². The number of carbonyl (C=O) groups is 1. The van der Waals surface area contributed by atoms with Gasteiger partial charge in [-0.25, -0.2) is 0 Å². The maximum atomic E-state index is 11.3. The third kappa shape index (κ3) is 3.70. The third-order valence-electron chi connectivity index (χ3n) is 1.96. The second-order valence-corrected chi connectivity index (χ2v) is 4.03. The lowest BCUT2D eigenvalue weighted by Gasteiger charge is -2.04. The normalized spacial score (nSPS) is 10.4. The van der Waals surface area contributed by atoms with E-state index in [1.807, 2.05) is 25.1 Å². The lowest BCUT2D eigenvalue weighted by molar-refractivity contribution is -0.116. The smallest absolute Gasteiger partial charge is 0.243 e. The van der Waals surface area contributed by atoms with Gasteiger partial charge in [0, 0.05) is 22.7 Å². The van der Waals surface area contributed by atoms with Crippen molar-refractivity contribution in [2.45, 2.75) is 6.92 Å². The number of benzene rings is 1. The molecule has 0 fully saturated rings. The van der Waals surface area contributed by atoms with Crippen LogP contribution in [0.15, 0.2) is 28.7 Å². The molecule has 0 radical (unpaired) electrons. The fourth-order valence-electron chi connectivity index (χ4n) is 1.23. The van der Waals surface area contributed by atoms with Gasteiger partial charge < -0.3 is 10.1 Å². The molecule has 86 valence electrons. The maximum Gasteiger partial charge on any atom is 0.243 e. The molecule has 0 saturated heterocycles. The Balaban J connectivity index is 2.86. The first kappa shape index (κ1) is 12.8. The van der Waals surface area contributed by atoms with Crippen molar-refractivity contribution >= 4 is 27.9 Å². The number of carbonyl (C=O) groups excluding carboxylic acids is 1. The Hall–Kier alpha value is -1.29. The van der Waals surface area contributed by atoms with Crippen molar-refractivity contribution in [1.82, 2.24) is 5.32 Å². The number of likely N-dealkylation sites (N-methyl/N-ethyl adjacent to an activating group) is 1. The minimum Gasteiger partial charge on any atom is -0.496 e. The Bertz CT molecular complexity index is 402. The highest BCUT2D eigenvalue weighted by Gasteiger charge is 2.00. The second kappa shape index (κ2) is 6.33. The van der Waals surface area contributed by atoms with Gasteiger partial charge >= 0.3 is 0 Å². The van der Waals surface area contributed by atoms with Crippen LogP contribution in [0.2, 0.25) is 0 Å². The first-order chi connectivity index (χ1) is 7.67. The highest BCUT2D eigenvalue weighted by molar-refractivity contribution is 9.10. The van der Waals surface area contributed by atoms with Gasteiger partial charge in [-0.05, 0) is 31.2 Å². The highest BCUT2D eigenvalue weighted by Crippen LogP contribution is 2.23. The van der Waals surface area contributed by atoms with Crippen LogP contribution in [0.5, 0.6) is 5.75 Å². The molecule has 0 aromatic heterocycles. The van der Waals surface area contributed by atoms with E-state index in [1.165, 1.54) is 6.08 Å². The molecule has 0 saturated carbocycles. The van der Waals surface area contributed by atoms with Gasteiger partial charge in [0.05, 0.1) is 7.11 Å². The van der Waals surface area contributed by atoms with Crippen molar-refractivity contribution in [2.24, 2.45) is 0 Å². The third-order valence-corrected chi connectivity index (χ3v) is 2.45. The van der Waals surface area contributed by atoms with Gasteiger partial charge in [-0.1, -0.05) is 15.9 Å². The Morgan fingerprint density at radius 2 is 2.31 bits per heavy atom. The molecule has 0 aliphatic rings. The predicted octanol–water partition coefficient (Wildman–Crippen LogP) is 2.61. The molecule has 0 aliphatic heterocycles. The molecule has 0 aliphatic carbocycles. The Morgan fingerprint density at radius 1 is 1.56 bits per heavy atom. The molecule has 1 amide bonds. The summed E-state index contributed by atoms with van der Waals surface area (Å²) in [5.74, 6) is 0.633. The number of rotatable bonds is 4. The molecule has 4 heteroatoms. The number of amides is 1. The fraction of sp³-hybridized carbons (Fsp3) is 0.250. The summed E-state index contributed by atoms with van der Waals surface area (Å²) in [6.07, 6.45) is 3.22. The predicted molar refractivity (Wildman–Crippen MR) is 68.4 cm³/mol. The van der Waals surface area contributed by atoms with Crippen molar-refractivity contribution in [2.75, 3.05) is 13.7 Å². The van der Waals surface area contributed by atoms with Gasteiger partial charge in [0.15, 0.2) is 0 Å². The molecule has 0 spiro atoms. The summed E-state index contributed by atoms with van der Waals surface area (Å²) < 4.78 is 6.14. The van der Waals surface area contributed by atoms with Crippen LogP contribution in [0.3, 0.4) is 0 Å². The summed E-state index contributed by atoms with van der Waals surface area (Å²) in [5.41, 5.74) is 0.864. The summed E-state index contributed by atoms with van der Waals surface area (Å²) in [5, 5.41) is 2.69. The van der Waals surface area contributed by atoms with E-state index < -0.39 is 0 Å². The molecule has 3 nitrogen and oxygen atoms in total. The van der Waals surface area contributed by atoms with E-state index >= 15 is 0 Å². The Kier molecular flexibility index (Phi) is 5.05. The Labute approximate surface area is 104 Å². The van der Waals surface area contributed by atoms with Crippen molar-refractivity contribution in [3.8, 4) is 5.75 Å². The van der Waals surface area contributed by atoms with Crippen LogP contribution in [-0.2, 0) is 4.79 Å². The van der Waals surface area contributed by atoms with Crippen LogP contribution < -0.4 is 10.1 Å². The van der Waals surface area contributed by atoms with E-state index in [4.69, 9.17) is 4.74 Å². The summed E-state index contributed by atoms with van der Waals surface area (Å²) in [6, 6.07) is 5.64. The number of hydrogen-bond donors (Lipinski definition) is 1. The van der Waals surface area contributed by atoms with E-state index in [0.717, 1.165) is 15.8 Å². The summed E-state index contributed by atoms with van der Waals surface area (Å²) in [6.45, 7) is 2.50. The number of methoxy groups -OCH3 is 1. The minimum absolute atomic E-state index is 0.107. The van der Waals surface area contributed by atoms with Crippen molar-refractivity contribution in [3.05, 3.63) is 34.3 Å². The molecule has 0 atom stereocenters. The standard InChI is InChI=1S/C12H14BrNO2/c1-3-14-12(15)7-4-9-8-10(13)5-6-11(9)16-2/h4-8H,3H2,1-2H3,(H,14,15)/b7-4+. The van der Waals surface area contributed by atoms with Gasteiger partial charge in [-0.2, -0.15) is 0 Å². The quantitative estimate of drug-likeness (QED) is 0.863. The molecule has 1 rings (SSSR count). The number of halogens is 1. The van der Waals surface area contributed by atoms with Crippen LogP contribution >= 0.6 is 15.9 Å². The van der Waals surface area contributed by atoms with Crippen LogP contribution in [0, 0.1) is 0 Å². The van der Waals surface area contributed by atoms with Gasteiger partial charge in [0.2, 0.25) is 5.91 Å². The van der Waals surface area contributed by atoms with E-state index in [9.17, 15) is 4.79 Å². The fourth-order valence-corrected chi connectivity index (χ4v) is 1.61. The largest absolute Gasteiger partial charge is 0.496 e. The van der Waals surface area contributed by atoms with Crippen LogP contribution in [0.1, 0.15) is 12.5 Å². The van der Waals surface area contributed by atoms with Crippen LogP contribution in [-0.4, -0.2) is 19.6 Å². The molecule has 16 heavy (non-hydrogen) atoms. The van der Waals surface area contributed by atoms with E-state index in [-0.39, 0.29) is 5.91 Å². The van der Waals surface area contributed by atoms with Crippen molar-refractivity contribution in [1.29, 1.82) is 0 Å². The van der Waals surface area contributed by atoms with Crippen molar-refractivity contribution < 1.29 is 9.53 Å². The van der Waals surface area contributed by atoms with Crippen LogP contribution in [0.4, 0.5) is 0 Å². The summed E-state index contributed by atoms with van der Waals surface area (Å²) >= 11 is 3.37. The Morgan fingerprint density at radius 3 is 2.94 bits per heavy atom. The van der Waals surface area contributed by atoms with Gasteiger partial charge in [0.1, 0.15) is 5.75 Å². The molecule has 0 heterocycles. The summed E-state index contributed by atoms with van der Waals surface area (Å²) in [7, 11) is 1.60. The zero-order valence-electron chi connectivity index (χ0n) is 9.29. The maximum absolute atomic E-state index is 11.3. The molecular weight excluding hydrogens is 270 g/mol. The minimum atomic E-state index is -0.107. The van der Waals surface area contributed by atoms with E-state index in [0.29, 0.717) is 6.54 Å². The van der Waals surface area contributed by atoms with E-state index in [1.54, 1.807) is 13.2 Å². The van der Waals surface area contributed by atoms with Gasteiger partial charge in [-0.3, -0.25) is 4.79 Å². The average molecular weight is 284 g/mol. The molecule has 1 N–H and O–H groups in total. The number of ether oxygens (including phenoxy) is 1. The molecule has 0 unspecified atom stereocenters. The lowest BCUT2D eigenvalue weighted by atomic mass is 10.2. The van der Waals surface area contributed by atoms with Crippen LogP contribution in [0.25, 0.3) is 6.08 Å². The first-order valence-corrected chi connectivity index (χ1v) is 5.76. The second-order valence-electron chi connectivity index (χ2n) is 3.11. The SMILES string of the molecule is CCNC(=O)/C=C/c1cc(Br)ccc1OC. The number of nitrogens with one attached hydrogen (secondary N) is 1. The van der Waals surface area contributed by atoms with E-state index in [2.05, 4.69) is 21.2 Å². The molecular formula is C12H14BrNO2. The molecule has 0 bridgehead atoms. The topological polar surface area (TPSA) is 38.3 Å². The van der Waals surface area contributed by atoms with Crippen molar-refractivity contribution in [3.63, 3.8) is 0 Å². The average Bonchev–Trinajstić information content (AvgIpc) is 2.27. The zero-order chi connectivity index (χ0) is 12.0. The monoisotopic (exact) mass is 283 g/mol.